The number of fused-ring (bicyclic) bond motifs is 1. The van der Waals surface area contributed by atoms with E-state index >= 15 is 0 Å². The maximum absolute atomic E-state index is 5.79. The standard InChI is InChI=1S/C17H17ClO/c1-2-13-19-17-11-10-14-7-3-4-8-15(14)16(17)9-5-6-12-18/h3-4,7-8,10-11H,2,6,12-13H2,1H3. The molecule has 2 aromatic carbocycles. The molecule has 0 atom stereocenters. The minimum Gasteiger partial charge on any atom is -0.492 e. The number of hydrogen-bond donors (Lipinski definition) is 0. The molecule has 0 aromatic heterocycles. The molecule has 0 aliphatic heterocycles. The lowest BCUT2D eigenvalue weighted by atomic mass is 10.0. The summed E-state index contributed by atoms with van der Waals surface area (Å²) in [5.41, 5.74) is 0.969. The quantitative estimate of drug-likeness (QED) is 0.583. The molecule has 1 nitrogen and oxygen atoms in total. The molecule has 0 aliphatic carbocycles. The minimum atomic E-state index is 0.558. The fraction of sp³-hybridized carbons (Fsp3) is 0.294. The Morgan fingerprint density at radius 1 is 1.16 bits per heavy atom. The molecule has 0 radical (unpaired) electrons. The molecular formula is C17H17ClO. The molecule has 0 aliphatic rings. The summed E-state index contributed by atoms with van der Waals surface area (Å²) in [6.07, 6.45) is 1.68. The highest BCUT2D eigenvalue weighted by molar-refractivity contribution is 6.18. The number of halogens is 1. The molecule has 0 amide bonds. The van der Waals surface area contributed by atoms with Crippen LogP contribution in [0.1, 0.15) is 25.3 Å². The van der Waals surface area contributed by atoms with E-state index in [0.717, 1.165) is 23.1 Å². The van der Waals surface area contributed by atoms with Crippen molar-refractivity contribution in [3.05, 3.63) is 42.0 Å². The summed E-state index contributed by atoms with van der Waals surface area (Å²) in [5, 5.41) is 2.32. The zero-order valence-electron chi connectivity index (χ0n) is 11.1. The fourth-order valence-corrected chi connectivity index (χ4v) is 2.01. The summed E-state index contributed by atoms with van der Waals surface area (Å²) in [5.74, 6) is 7.73. The van der Waals surface area contributed by atoms with E-state index in [0.29, 0.717) is 18.9 Å². The van der Waals surface area contributed by atoms with Gasteiger partial charge >= 0.3 is 0 Å². The van der Waals surface area contributed by atoms with Crippen LogP contribution in [0.3, 0.4) is 0 Å². The van der Waals surface area contributed by atoms with Crippen molar-refractivity contribution in [3.63, 3.8) is 0 Å². The van der Waals surface area contributed by atoms with E-state index in [4.69, 9.17) is 16.3 Å². The van der Waals surface area contributed by atoms with Gasteiger partial charge in [-0.2, -0.15) is 0 Å². The topological polar surface area (TPSA) is 9.23 Å². The van der Waals surface area contributed by atoms with Gasteiger partial charge in [0.05, 0.1) is 12.2 Å². The Labute approximate surface area is 119 Å². The molecule has 0 saturated heterocycles. The van der Waals surface area contributed by atoms with E-state index in [-0.39, 0.29) is 0 Å². The Morgan fingerprint density at radius 3 is 2.79 bits per heavy atom. The maximum atomic E-state index is 5.79. The van der Waals surface area contributed by atoms with Crippen molar-refractivity contribution in [2.75, 3.05) is 12.5 Å². The van der Waals surface area contributed by atoms with Gasteiger partial charge in [-0.25, -0.2) is 0 Å². The second-order valence-electron chi connectivity index (χ2n) is 4.25. The second-order valence-corrected chi connectivity index (χ2v) is 4.63. The normalized spacial score (nSPS) is 10.0. The Balaban J connectivity index is 2.49. The molecule has 0 bridgehead atoms. The number of hydrogen-bond acceptors (Lipinski definition) is 1. The zero-order chi connectivity index (χ0) is 13.5. The van der Waals surface area contributed by atoms with Gasteiger partial charge in [-0.3, -0.25) is 0 Å². The van der Waals surface area contributed by atoms with Crippen LogP contribution in [0.5, 0.6) is 5.75 Å². The Bertz CT molecular complexity index is 607. The molecule has 98 valence electrons. The zero-order valence-corrected chi connectivity index (χ0v) is 11.8. The first kappa shape index (κ1) is 13.8. The molecule has 2 aromatic rings. The van der Waals surface area contributed by atoms with Crippen LogP contribution in [0.25, 0.3) is 10.8 Å². The first-order valence-electron chi connectivity index (χ1n) is 6.56. The Kier molecular flexibility index (Phi) is 5.12. The summed E-state index contributed by atoms with van der Waals surface area (Å²) in [7, 11) is 0. The van der Waals surface area contributed by atoms with Gasteiger partial charge in [-0.1, -0.05) is 49.1 Å². The third kappa shape index (κ3) is 3.43. The van der Waals surface area contributed by atoms with Crippen LogP contribution in [0.4, 0.5) is 0 Å². The van der Waals surface area contributed by atoms with Gasteiger partial charge < -0.3 is 4.74 Å². The molecule has 0 fully saturated rings. The lowest BCUT2D eigenvalue weighted by molar-refractivity contribution is 0.317. The van der Waals surface area contributed by atoms with Crippen molar-refractivity contribution in [1.29, 1.82) is 0 Å². The smallest absolute Gasteiger partial charge is 0.135 e. The summed E-state index contributed by atoms with van der Waals surface area (Å²) in [4.78, 5) is 0. The van der Waals surface area contributed by atoms with Crippen LogP contribution >= 0.6 is 11.6 Å². The Morgan fingerprint density at radius 2 is 2.00 bits per heavy atom. The first-order valence-corrected chi connectivity index (χ1v) is 7.09. The number of alkyl halides is 1. The molecule has 0 heterocycles. The molecule has 2 heteroatoms. The lowest BCUT2D eigenvalue weighted by Gasteiger charge is -2.09. The van der Waals surface area contributed by atoms with Crippen LogP contribution < -0.4 is 4.74 Å². The number of benzene rings is 2. The predicted octanol–water partition coefficient (Wildman–Crippen LogP) is 4.61. The number of rotatable bonds is 4. The molecule has 0 saturated carbocycles. The third-order valence-corrected chi connectivity index (χ3v) is 2.97. The molecular weight excluding hydrogens is 256 g/mol. The molecule has 0 spiro atoms. The SMILES string of the molecule is CCCOc1ccc2ccccc2c1C#CCCCl. The maximum Gasteiger partial charge on any atom is 0.135 e. The van der Waals surface area contributed by atoms with Crippen molar-refractivity contribution in [1.82, 2.24) is 0 Å². The number of ether oxygens (including phenoxy) is 1. The van der Waals surface area contributed by atoms with E-state index in [9.17, 15) is 0 Å². The monoisotopic (exact) mass is 272 g/mol. The van der Waals surface area contributed by atoms with Crippen LogP contribution in [-0.4, -0.2) is 12.5 Å². The summed E-state index contributed by atoms with van der Waals surface area (Å²) >= 11 is 5.68. The van der Waals surface area contributed by atoms with E-state index < -0.39 is 0 Å². The second kappa shape index (κ2) is 7.07. The van der Waals surface area contributed by atoms with Gasteiger partial charge in [-0.05, 0) is 17.9 Å². The summed E-state index contributed by atoms with van der Waals surface area (Å²) < 4.78 is 5.79. The highest BCUT2D eigenvalue weighted by Crippen LogP contribution is 2.27. The molecule has 0 N–H and O–H groups in total. The summed E-state index contributed by atoms with van der Waals surface area (Å²) in [6, 6.07) is 12.3. The van der Waals surface area contributed by atoms with Gasteiger partial charge in [-0.15, -0.1) is 11.6 Å². The van der Waals surface area contributed by atoms with Gasteiger partial charge in [0.2, 0.25) is 0 Å². The van der Waals surface area contributed by atoms with E-state index in [1.54, 1.807) is 0 Å². The summed E-state index contributed by atoms with van der Waals surface area (Å²) in [6.45, 7) is 2.81. The molecule has 0 unspecified atom stereocenters. The highest BCUT2D eigenvalue weighted by Gasteiger charge is 2.06. The van der Waals surface area contributed by atoms with Crippen molar-refractivity contribution in [2.24, 2.45) is 0 Å². The predicted molar refractivity (Wildman–Crippen MR) is 81.9 cm³/mol. The van der Waals surface area contributed by atoms with Gasteiger partial charge in [0.1, 0.15) is 5.75 Å². The Hall–Kier alpha value is -1.65. The third-order valence-electron chi connectivity index (χ3n) is 2.79. The van der Waals surface area contributed by atoms with Crippen molar-refractivity contribution in [2.45, 2.75) is 19.8 Å². The fourth-order valence-electron chi connectivity index (χ4n) is 1.91. The largest absolute Gasteiger partial charge is 0.492 e. The van der Waals surface area contributed by atoms with E-state index in [2.05, 4.69) is 37.0 Å². The average molecular weight is 273 g/mol. The van der Waals surface area contributed by atoms with Crippen LogP contribution in [0, 0.1) is 11.8 Å². The minimum absolute atomic E-state index is 0.558. The highest BCUT2D eigenvalue weighted by atomic mass is 35.5. The van der Waals surface area contributed by atoms with Gasteiger partial charge in [0.25, 0.3) is 0 Å². The van der Waals surface area contributed by atoms with Crippen LogP contribution in [0.2, 0.25) is 0 Å². The van der Waals surface area contributed by atoms with Crippen molar-refractivity contribution < 1.29 is 4.74 Å². The van der Waals surface area contributed by atoms with Crippen molar-refractivity contribution >= 4 is 22.4 Å². The van der Waals surface area contributed by atoms with Crippen molar-refractivity contribution in [3.8, 4) is 17.6 Å². The van der Waals surface area contributed by atoms with Crippen LogP contribution in [-0.2, 0) is 0 Å². The van der Waals surface area contributed by atoms with Gasteiger partial charge in [0.15, 0.2) is 0 Å². The van der Waals surface area contributed by atoms with Gasteiger partial charge in [0, 0.05) is 17.7 Å². The first-order chi connectivity index (χ1) is 9.36. The molecule has 19 heavy (non-hydrogen) atoms. The molecule has 2 rings (SSSR count). The van der Waals surface area contributed by atoms with E-state index in [1.807, 2.05) is 18.2 Å². The average Bonchev–Trinajstić information content (AvgIpc) is 2.46. The lowest BCUT2D eigenvalue weighted by Crippen LogP contribution is -1.97. The van der Waals surface area contributed by atoms with E-state index in [1.165, 1.54) is 5.39 Å². The van der Waals surface area contributed by atoms with Crippen LogP contribution in [0.15, 0.2) is 36.4 Å².